The van der Waals surface area contributed by atoms with Crippen molar-refractivity contribution in [2.75, 3.05) is 11.9 Å². The Morgan fingerprint density at radius 1 is 1.28 bits per heavy atom. The summed E-state index contributed by atoms with van der Waals surface area (Å²) in [5.74, 6) is -0.0941. The fourth-order valence-electron chi connectivity index (χ4n) is 2.72. The van der Waals surface area contributed by atoms with Crippen LogP contribution in [0.15, 0.2) is 36.4 Å². The molecule has 0 spiro atoms. The van der Waals surface area contributed by atoms with Gasteiger partial charge in [0, 0.05) is 18.3 Å². The van der Waals surface area contributed by atoms with Crippen LogP contribution in [-0.2, 0) is 9.53 Å². The van der Waals surface area contributed by atoms with Gasteiger partial charge in [0.25, 0.3) is 0 Å². The third-order valence-corrected chi connectivity index (χ3v) is 3.68. The second-order valence-corrected chi connectivity index (χ2v) is 5.48. The molecule has 0 saturated heterocycles. The molecular weight excluding hydrogens is 226 g/mol. The number of hydrogen-bond donors (Lipinski definition) is 0. The van der Waals surface area contributed by atoms with Crippen LogP contribution >= 0.6 is 0 Å². The minimum absolute atomic E-state index is 0.102. The van der Waals surface area contributed by atoms with Gasteiger partial charge in [-0.2, -0.15) is 0 Å². The van der Waals surface area contributed by atoms with Crippen molar-refractivity contribution in [2.24, 2.45) is 5.92 Å². The number of amides is 1. The number of para-hydroxylation sites is 1. The molecule has 3 heteroatoms. The van der Waals surface area contributed by atoms with Gasteiger partial charge in [-0.15, -0.1) is 0 Å². The smallest absolute Gasteiger partial charge is 0.236 e. The number of fused-ring (bicyclic) bond motifs is 3. The van der Waals surface area contributed by atoms with Gasteiger partial charge in [0.05, 0.1) is 11.5 Å². The van der Waals surface area contributed by atoms with Crippen LogP contribution < -0.4 is 4.90 Å². The average Bonchev–Trinajstić information content (AvgIpc) is 2.35. The molecule has 0 fully saturated rings. The second-order valence-electron chi connectivity index (χ2n) is 5.48. The SMILES string of the molecule is CN1C(=O)C2C=CC(C)(C)OC2c2ccccc21. The van der Waals surface area contributed by atoms with Crippen molar-refractivity contribution < 1.29 is 9.53 Å². The Morgan fingerprint density at radius 3 is 2.78 bits per heavy atom. The highest BCUT2D eigenvalue weighted by Gasteiger charge is 2.42. The van der Waals surface area contributed by atoms with E-state index >= 15 is 0 Å². The lowest BCUT2D eigenvalue weighted by Gasteiger charge is -2.42. The quantitative estimate of drug-likeness (QED) is 0.656. The molecule has 18 heavy (non-hydrogen) atoms. The lowest BCUT2D eigenvalue weighted by Crippen LogP contribution is -2.45. The van der Waals surface area contributed by atoms with Crippen molar-refractivity contribution in [2.45, 2.75) is 25.6 Å². The molecule has 0 bridgehead atoms. The van der Waals surface area contributed by atoms with Crippen molar-refractivity contribution in [1.82, 2.24) is 0 Å². The third-order valence-electron chi connectivity index (χ3n) is 3.68. The first-order chi connectivity index (χ1) is 8.49. The minimum atomic E-state index is -0.315. The van der Waals surface area contributed by atoms with E-state index in [2.05, 4.69) is 0 Å². The molecule has 0 aliphatic carbocycles. The van der Waals surface area contributed by atoms with Gasteiger partial charge in [-0.05, 0) is 19.9 Å². The van der Waals surface area contributed by atoms with E-state index in [1.807, 2.05) is 57.3 Å². The Kier molecular flexibility index (Phi) is 2.35. The lowest BCUT2D eigenvalue weighted by molar-refractivity contribution is -0.133. The molecule has 0 aromatic heterocycles. The molecule has 1 aromatic rings. The summed E-state index contributed by atoms with van der Waals surface area (Å²) in [4.78, 5) is 14.1. The molecule has 3 rings (SSSR count). The summed E-state index contributed by atoms with van der Waals surface area (Å²) in [7, 11) is 1.82. The molecule has 2 unspecified atom stereocenters. The number of carbonyl (C=O) groups is 1. The highest BCUT2D eigenvalue weighted by atomic mass is 16.5. The van der Waals surface area contributed by atoms with Crippen LogP contribution in [0.2, 0.25) is 0 Å². The number of hydrogen-bond acceptors (Lipinski definition) is 2. The summed E-state index contributed by atoms with van der Waals surface area (Å²) in [5, 5.41) is 0. The highest BCUT2D eigenvalue weighted by Crippen LogP contribution is 2.44. The van der Waals surface area contributed by atoms with Crippen LogP contribution in [0, 0.1) is 5.92 Å². The first-order valence-corrected chi connectivity index (χ1v) is 6.23. The lowest BCUT2D eigenvalue weighted by atomic mass is 9.84. The predicted octanol–water partition coefficient (Wildman–Crippen LogP) is 2.69. The zero-order valence-corrected chi connectivity index (χ0v) is 10.9. The maximum atomic E-state index is 12.3. The topological polar surface area (TPSA) is 29.5 Å². The summed E-state index contributed by atoms with van der Waals surface area (Å²) in [6, 6.07) is 7.96. The number of ether oxygens (including phenoxy) is 1. The average molecular weight is 243 g/mol. The van der Waals surface area contributed by atoms with Crippen LogP contribution in [-0.4, -0.2) is 18.6 Å². The van der Waals surface area contributed by atoms with E-state index in [9.17, 15) is 4.79 Å². The Labute approximate surface area is 107 Å². The van der Waals surface area contributed by atoms with Gasteiger partial charge in [-0.3, -0.25) is 4.79 Å². The maximum absolute atomic E-state index is 12.3. The Bertz CT molecular complexity index is 533. The number of benzene rings is 1. The molecule has 94 valence electrons. The van der Waals surface area contributed by atoms with E-state index in [1.54, 1.807) is 4.90 Å². The zero-order valence-electron chi connectivity index (χ0n) is 10.9. The number of nitrogens with zero attached hydrogens (tertiary/aromatic N) is 1. The molecule has 0 N–H and O–H groups in total. The van der Waals surface area contributed by atoms with Crippen molar-refractivity contribution in [3.05, 3.63) is 42.0 Å². The standard InChI is InChI=1S/C15H17NO2/c1-15(2)9-8-11-13(18-15)10-6-4-5-7-12(10)16(3)14(11)17/h4-9,11,13H,1-3H3. The second kappa shape index (κ2) is 3.69. The Balaban J connectivity index is 2.14. The van der Waals surface area contributed by atoms with E-state index in [0.717, 1.165) is 11.3 Å². The van der Waals surface area contributed by atoms with E-state index in [0.29, 0.717) is 0 Å². The summed E-state index contributed by atoms with van der Waals surface area (Å²) in [5.41, 5.74) is 1.74. The van der Waals surface area contributed by atoms with Gasteiger partial charge in [-0.25, -0.2) is 0 Å². The molecule has 1 aromatic carbocycles. The van der Waals surface area contributed by atoms with Gasteiger partial charge in [0.15, 0.2) is 0 Å². The van der Waals surface area contributed by atoms with Gasteiger partial charge >= 0.3 is 0 Å². The van der Waals surface area contributed by atoms with Gasteiger partial charge in [0.2, 0.25) is 5.91 Å². The highest BCUT2D eigenvalue weighted by molar-refractivity contribution is 5.99. The fourth-order valence-corrected chi connectivity index (χ4v) is 2.72. The zero-order chi connectivity index (χ0) is 12.9. The minimum Gasteiger partial charge on any atom is -0.362 e. The van der Waals surface area contributed by atoms with Crippen LogP contribution in [0.5, 0.6) is 0 Å². The molecule has 1 amide bonds. The monoisotopic (exact) mass is 243 g/mol. The summed E-state index contributed by atoms with van der Waals surface area (Å²) in [6.45, 7) is 4.04. The molecule has 3 nitrogen and oxygen atoms in total. The molecule has 0 saturated carbocycles. The van der Waals surface area contributed by atoms with E-state index in [1.165, 1.54) is 0 Å². The Morgan fingerprint density at radius 2 is 2.00 bits per heavy atom. The molecular formula is C15H17NO2. The normalized spacial score (nSPS) is 28.8. The van der Waals surface area contributed by atoms with Gasteiger partial charge < -0.3 is 9.64 Å². The molecule has 2 aliphatic heterocycles. The fraction of sp³-hybridized carbons (Fsp3) is 0.400. The van der Waals surface area contributed by atoms with Gasteiger partial charge in [-0.1, -0.05) is 30.4 Å². The Hall–Kier alpha value is -1.61. The van der Waals surface area contributed by atoms with E-state index in [-0.39, 0.29) is 23.5 Å². The molecule has 0 radical (unpaired) electrons. The number of anilines is 1. The third kappa shape index (κ3) is 1.58. The predicted molar refractivity (Wildman–Crippen MR) is 70.4 cm³/mol. The van der Waals surface area contributed by atoms with Crippen molar-refractivity contribution in [3.63, 3.8) is 0 Å². The first-order valence-electron chi connectivity index (χ1n) is 6.23. The van der Waals surface area contributed by atoms with Gasteiger partial charge in [0.1, 0.15) is 6.10 Å². The summed E-state index contributed by atoms with van der Waals surface area (Å²) >= 11 is 0. The van der Waals surface area contributed by atoms with Crippen LogP contribution in [0.4, 0.5) is 5.69 Å². The number of rotatable bonds is 0. The number of carbonyl (C=O) groups excluding carboxylic acids is 1. The molecule has 2 aliphatic rings. The van der Waals surface area contributed by atoms with Crippen LogP contribution in [0.1, 0.15) is 25.5 Å². The van der Waals surface area contributed by atoms with E-state index in [4.69, 9.17) is 4.74 Å². The first kappa shape index (κ1) is 11.5. The van der Waals surface area contributed by atoms with Crippen molar-refractivity contribution in [3.8, 4) is 0 Å². The van der Waals surface area contributed by atoms with E-state index < -0.39 is 0 Å². The van der Waals surface area contributed by atoms with Crippen LogP contribution in [0.25, 0.3) is 0 Å². The summed E-state index contributed by atoms with van der Waals surface area (Å²) < 4.78 is 6.09. The van der Waals surface area contributed by atoms with Crippen molar-refractivity contribution in [1.29, 1.82) is 0 Å². The van der Waals surface area contributed by atoms with Crippen molar-refractivity contribution >= 4 is 11.6 Å². The molecule has 2 heterocycles. The summed E-state index contributed by atoms with van der Waals surface area (Å²) in [6.07, 6.45) is 3.81. The molecule has 2 atom stereocenters. The largest absolute Gasteiger partial charge is 0.362 e. The van der Waals surface area contributed by atoms with Crippen LogP contribution in [0.3, 0.4) is 0 Å². The maximum Gasteiger partial charge on any atom is 0.236 e.